The largest absolute Gasteiger partial charge is 0.479 e. The molecule has 2 heterocycles. The molecule has 0 aromatic heterocycles. The summed E-state index contributed by atoms with van der Waals surface area (Å²) in [7, 11) is 0. The number of benzene rings is 1. The molecule has 1 amide bonds. The molecule has 2 aliphatic heterocycles. The highest BCUT2D eigenvalue weighted by Gasteiger charge is 2.85. The Kier molecular flexibility index (Phi) is 12.5. The first-order valence-electron chi connectivity index (χ1n) is 16.2. The van der Waals surface area contributed by atoms with E-state index >= 15 is 0 Å². The van der Waals surface area contributed by atoms with Crippen LogP contribution in [0.5, 0.6) is 0 Å². The van der Waals surface area contributed by atoms with Gasteiger partial charge in [0.1, 0.15) is 6.10 Å². The standard InChI is InChI=1S/C35H47NO13/c1-7-19(2)17-20(3)13-14-25(38)47-28-27(39)33(48-29(30(40)41)34(46,31(42)43)35(28,49-33)32(44)45)16-15-21(4)26(36-23(6)37)22(5)18-24-11-9-8-10-12-24/h8-14,19-20,22,26-29,39,46H,4,7,15-18H2,1-3,5-6H3,(H,36,37)(H,40,41)(H,42,43)(H,44,45)/b14-13+/t19-,20+,22?,26?,27+,28+,29+,33+,34+,35+/m0/s1. The van der Waals surface area contributed by atoms with E-state index in [1.54, 1.807) is 0 Å². The third-order valence-electron chi connectivity index (χ3n) is 9.44. The van der Waals surface area contributed by atoms with Gasteiger partial charge in [0, 0.05) is 19.4 Å². The van der Waals surface area contributed by atoms with Crippen LogP contribution in [0.4, 0.5) is 0 Å². The minimum Gasteiger partial charge on any atom is -0.479 e. The number of carboxylic acids is 3. The van der Waals surface area contributed by atoms with Crippen molar-refractivity contribution in [1.82, 2.24) is 5.32 Å². The Morgan fingerprint density at radius 2 is 1.69 bits per heavy atom. The normalized spacial score (nSPS) is 30.1. The third-order valence-corrected chi connectivity index (χ3v) is 9.44. The average molecular weight is 690 g/mol. The van der Waals surface area contributed by atoms with Crippen molar-refractivity contribution in [2.75, 3.05) is 0 Å². The molecule has 0 spiro atoms. The molecule has 2 saturated heterocycles. The van der Waals surface area contributed by atoms with Crippen molar-refractivity contribution in [3.05, 3.63) is 60.2 Å². The molecule has 10 atom stereocenters. The second kappa shape index (κ2) is 15.6. The van der Waals surface area contributed by atoms with E-state index < -0.39 is 71.6 Å². The zero-order valence-corrected chi connectivity index (χ0v) is 28.3. The summed E-state index contributed by atoms with van der Waals surface area (Å²) in [5, 5.41) is 56.4. The quantitative estimate of drug-likeness (QED) is 0.0786. The van der Waals surface area contributed by atoms with E-state index in [-0.39, 0.29) is 24.2 Å². The first-order chi connectivity index (χ1) is 22.9. The first kappa shape index (κ1) is 39.3. The number of aliphatic hydroxyl groups excluding tert-OH is 1. The number of rotatable bonds is 17. The van der Waals surface area contributed by atoms with Crippen LogP contribution < -0.4 is 5.32 Å². The molecule has 0 saturated carbocycles. The van der Waals surface area contributed by atoms with Gasteiger partial charge < -0.3 is 45.1 Å². The Morgan fingerprint density at radius 1 is 1.06 bits per heavy atom. The lowest BCUT2D eigenvalue weighted by Gasteiger charge is -2.48. The number of carbonyl (C=O) groups excluding carboxylic acids is 2. The van der Waals surface area contributed by atoms with E-state index in [1.807, 2.05) is 58.0 Å². The smallest absolute Gasteiger partial charge is 0.344 e. The number of aliphatic hydroxyl groups is 2. The number of amides is 1. The molecule has 49 heavy (non-hydrogen) atoms. The lowest BCUT2D eigenvalue weighted by molar-refractivity contribution is -0.374. The number of carbonyl (C=O) groups is 5. The summed E-state index contributed by atoms with van der Waals surface area (Å²) < 4.78 is 16.5. The van der Waals surface area contributed by atoms with Crippen LogP contribution in [0.15, 0.2) is 54.6 Å². The van der Waals surface area contributed by atoms with Crippen molar-refractivity contribution < 1.29 is 63.7 Å². The highest BCUT2D eigenvalue weighted by atomic mass is 16.8. The van der Waals surface area contributed by atoms with Crippen LogP contribution in [0, 0.1) is 17.8 Å². The van der Waals surface area contributed by atoms with Crippen molar-refractivity contribution in [2.24, 2.45) is 17.8 Å². The van der Waals surface area contributed by atoms with E-state index in [9.17, 15) is 49.5 Å². The van der Waals surface area contributed by atoms with Crippen LogP contribution in [-0.2, 0) is 44.6 Å². The fourth-order valence-corrected chi connectivity index (χ4v) is 6.69. The number of ether oxygens (including phenoxy) is 3. The van der Waals surface area contributed by atoms with Crippen LogP contribution >= 0.6 is 0 Å². The lowest BCUT2D eigenvalue weighted by Crippen LogP contribution is -2.78. The number of carboxylic acid groups (broad SMARTS) is 3. The zero-order valence-electron chi connectivity index (χ0n) is 28.3. The molecule has 1 aromatic rings. The zero-order chi connectivity index (χ0) is 36.9. The maximum atomic E-state index is 13.0. The molecule has 14 nitrogen and oxygen atoms in total. The maximum Gasteiger partial charge on any atom is 0.344 e. The molecule has 2 fully saturated rings. The van der Waals surface area contributed by atoms with Crippen LogP contribution in [0.3, 0.4) is 0 Å². The number of hydrogen-bond donors (Lipinski definition) is 6. The van der Waals surface area contributed by atoms with Gasteiger partial charge in [0.25, 0.3) is 0 Å². The van der Waals surface area contributed by atoms with Crippen LogP contribution in [0.2, 0.25) is 0 Å². The summed E-state index contributed by atoms with van der Waals surface area (Å²) in [4.78, 5) is 63.1. The predicted molar refractivity (Wildman–Crippen MR) is 173 cm³/mol. The number of hydrogen-bond acceptors (Lipinski definition) is 10. The summed E-state index contributed by atoms with van der Waals surface area (Å²) in [6.07, 6.45) is -3.68. The maximum absolute atomic E-state index is 13.0. The van der Waals surface area contributed by atoms with Crippen molar-refractivity contribution in [2.45, 2.75) is 108 Å². The molecular weight excluding hydrogens is 642 g/mol. The Labute approximate surface area is 284 Å². The van der Waals surface area contributed by atoms with Gasteiger partial charge >= 0.3 is 23.9 Å². The topological polar surface area (TPSA) is 226 Å². The van der Waals surface area contributed by atoms with E-state index in [4.69, 9.17) is 14.2 Å². The molecule has 2 bridgehead atoms. The molecule has 1 aromatic carbocycles. The van der Waals surface area contributed by atoms with Gasteiger partial charge in [-0.1, -0.05) is 82.7 Å². The molecule has 6 N–H and O–H groups in total. The summed E-state index contributed by atoms with van der Waals surface area (Å²) >= 11 is 0. The van der Waals surface area contributed by atoms with Gasteiger partial charge in [0.05, 0.1) is 6.04 Å². The molecule has 0 radical (unpaired) electrons. The van der Waals surface area contributed by atoms with Crippen LogP contribution in [-0.4, -0.2) is 96.7 Å². The fraction of sp³-hybridized carbons (Fsp3) is 0.571. The number of aliphatic carboxylic acids is 3. The molecule has 2 unspecified atom stereocenters. The molecule has 270 valence electrons. The summed E-state index contributed by atoms with van der Waals surface area (Å²) in [5.74, 6) is -10.9. The van der Waals surface area contributed by atoms with E-state index in [2.05, 4.69) is 11.9 Å². The monoisotopic (exact) mass is 689 g/mol. The first-order valence-corrected chi connectivity index (χ1v) is 16.2. The molecule has 3 rings (SSSR count). The van der Waals surface area contributed by atoms with E-state index in [0.29, 0.717) is 24.3 Å². The van der Waals surface area contributed by atoms with Gasteiger partial charge in [0.15, 0.2) is 6.10 Å². The van der Waals surface area contributed by atoms with Gasteiger partial charge in [-0.05, 0) is 42.6 Å². The summed E-state index contributed by atoms with van der Waals surface area (Å²) in [6.45, 7) is 13.1. The minimum absolute atomic E-state index is 0.117. The third kappa shape index (κ3) is 7.88. The SMILES string of the molecule is C=C(CC[C@@]12O[C@H](C(=O)O)[C@@](O)(C(=O)O)[C@@](C(=O)O)(O1)[C@H](OC(=O)/C=C/[C@@H](C)C[C@@H](C)CC)[C@H]2O)C(NC(C)=O)C(C)Cc1ccccc1. The van der Waals surface area contributed by atoms with Gasteiger partial charge in [0.2, 0.25) is 29.0 Å². The molecule has 14 heteroatoms. The van der Waals surface area contributed by atoms with E-state index in [0.717, 1.165) is 18.1 Å². The van der Waals surface area contributed by atoms with Crippen LogP contribution in [0.1, 0.15) is 65.9 Å². The summed E-state index contributed by atoms with van der Waals surface area (Å²) in [6, 6.07) is 8.74. The highest BCUT2D eigenvalue weighted by Crippen LogP contribution is 2.55. The Morgan fingerprint density at radius 3 is 2.22 bits per heavy atom. The van der Waals surface area contributed by atoms with Crippen molar-refractivity contribution >= 4 is 29.8 Å². The number of allylic oxidation sites excluding steroid dienone is 1. The van der Waals surface area contributed by atoms with Crippen molar-refractivity contribution in [3.63, 3.8) is 0 Å². The number of esters is 1. The van der Waals surface area contributed by atoms with Gasteiger partial charge in [-0.2, -0.15) is 0 Å². The van der Waals surface area contributed by atoms with Crippen LogP contribution in [0.25, 0.3) is 0 Å². The molecule has 2 aliphatic rings. The minimum atomic E-state index is -3.88. The Balaban J connectivity index is 2.02. The van der Waals surface area contributed by atoms with Crippen molar-refractivity contribution in [3.8, 4) is 0 Å². The van der Waals surface area contributed by atoms with Gasteiger partial charge in [-0.3, -0.25) is 4.79 Å². The second-order valence-electron chi connectivity index (χ2n) is 13.3. The predicted octanol–water partition coefficient (Wildman–Crippen LogP) is 2.46. The highest BCUT2D eigenvalue weighted by molar-refractivity contribution is 5.98. The Hall–Kier alpha value is -4.11. The van der Waals surface area contributed by atoms with Gasteiger partial charge in [-0.25, -0.2) is 19.2 Å². The molecular formula is C35H47NO13. The number of nitrogens with one attached hydrogen (secondary N) is 1. The van der Waals surface area contributed by atoms with Crippen molar-refractivity contribution in [1.29, 1.82) is 0 Å². The summed E-state index contributed by atoms with van der Waals surface area (Å²) in [5.41, 5.74) is -6.09. The lowest BCUT2D eigenvalue weighted by atomic mass is 9.74. The van der Waals surface area contributed by atoms with Gasteiger partial charge in [-0.15, -0.1) is 0 Å². The molecule has 0 aliphatic carbocycles. The average Bonchev–Trinajstić information content (AvgIpc) is 3.25. The fourth-order valence-electron chi connectivity index (χ4n) is 6.69. The Bertz CT molecular complexity index is 1450. The second-order valence-corrected chi connectivity index (χ2v) is 13.3. The van der Waals surface area contributed by atoms with E-state index in [1.165, 1.54) is 13.0 Å². The number of fused-ring (bicyclic) bond motifs is 2.